The summed E-state index contributed by atoms with van der Waals surface area (Å²) in [5.74, 6) is 1.26. The normalized spacial score (nSPS) is 10.6. The number of fused-ring (bicyclic) bond motifs is 1. The Labute approximate surface area is 140 Å². The Morgan fingerprint density at radius 1 is 1.00 bits per heavy atom. The molecule has 0 N–H and O–H groups in total. The van der Waals surface area contributed by atoms with Crippen molar-refractivity contribution in [1.29, 1.82) is 0 Å². The number of hydrogen-bond donors (Lipinski definition) is 0. The first-order valence-electron chi connectivity index (χ1n) is 7.65. The van der Waals surface area contributed by atoms with Crippen molar-refractivity contribution in [3.05, 3.63) is 60.3 Å². The van der Waals surface area contributed by atoms with Gasteiger partial charge in [-0.1, -0.05) is 6.07 Å². The van der Waals surface area contributed by atoms with Gasteiger partial charge in [-0.2, -0.15) is 0 Å². The van der Waals surface area contributed by atoms with Crippen LogP contribution in [0.15, 0.2) is 54.7 Å². The number of methoxy groups -OCH3 is 2. The highest BCUT2D eigenvalue weighted by molar-refractivity contribution is 5.94. The lowest BCUT2D eigenvalue weighted by molar-refractivity contribution is 0.0601. The van der Waals surface area contributed by atoms with E-state index in [1.54, 1.807) is 13.2 Å². The summed E-state index contributed by atoms with van der Waals surface area (Å²) in [6.45, 7) is 1.21. The lowest BCUT2D eigenvalue weighted by Gasteiger charge is -2.09. The average molecular weight is 325 g/mol. The summed E-state index contributed by atoms with van der Waals surface area (Å²) in [4.78, 5) is 11.7. The van der Waals surface area contributed by atoms with Crippen LogP contribution in [0.2, 0.25) is 0 Å². The van der Waals surface area contributed by atoms with Crippen molar-refractivity contribution in [2.45, 2.75) is 6.54 Å². The first kappa shape index (κ1) is 15.9. The Balaban J connectivity index is 1.69. The molecule has 0 bridgehead atoms. The number of carbonyl (C=O) groups is 1. The first-order chi connectivity index (χ1) is 11.7. The van der Waals surface area contributed by atoms with E-state index >= 15 is 0 Å². The summed E-state index contributed by atoms with van der Waals surface area (Å²) in [7, 11) is 3.02. The van der Waals surface area contributed by atoms with E-state index in [0.29, 0.717) is 18.7 Å². The molecule has 0 aliphatic rings. The number of benzene rings is 2. The van der Waals surface area contributed by atoms with Gasteiger partial charge in [0.05, 0.1) is 26.3 Å². The fraction of sp³-hybridized carbons (Fsp3) is 0.211. The van der Waals surface area contributed by atoms with Crippen molar-refractivity contribution in [3.8, 4) is 11.5 Å². The molecule has 0 fully saturated rings. The number of aromatic nitrogens is 1. The molecule has 3 aromatic rings. The van der Waals surface area contributed by atoms with Crippen LogP contribution < -0.4 is 9.47 Å². The van der Waals surface area contributed by atoms with Crippen molar-refractivity contribution in [1.82, 2.24) is 4.57 Å². The maximum Gasteiger partial charge on any atom is 0.337 e. The topological polar surface area (TPSA) is 49.7 Å². The quantitative estimate of drug-likeness (QED) is 0.651. The molecule has 1 heterocycles. The number of nitrogens with zero attached hydrogens (tertiary/aromatic N) is 1. The second-order valence-electron chi connectivity index (χ2n) is 5.30. The average Bonchev–Trinajstić information content (AvgIpc) is 3.04. The van der Waals surface area contributed by atoms with Crippen molar-refractivity contribution in [2.75, 3.05) is 20.8 Å². The predicted molar refractivity (Wildman–Crippen MR) is 91.8 cm³/mol. The molecule has 0 aliphatic carbocycles. The molecule has 0 saturated carbocycles. The van der Waals surface area contributed by atoms with Crippen molar-refractivity contribution in [2.24, 2.45) is 0 Å². The molecule has 0 saturated heterocycles. The largest absolute Gasteiger partial charge is 0.497 e. The fourth-order valence-electron chi connectivity index (χ4n) is 2.56. The Hall–Kier alpha value is -2.95. The van der Waals surface area contributed by atoms with Crippen molar-refractivity contribution < 1.29 is 19.0 Å². The highest BCUT2D eigenvalue weighted by atomic mass is 16.5. The van der Waals surface area contributed by atoms with Gasteiger partial charge in [-0.05, 0) is 47.9 Å². The minimum Gasteiger partial charge on any atom is -0.497 e. The van der Waals surface area contributed by atoms with E-state index in [1.165, 1.54) is 7.11 Å². The molecule has 24 heavy (non-hydrogen) atoms. The molecule has 3 rings (SSSR count). The molecule has 0 atom stereocenters. The zero-order valence-corrected chi connectivity index (χ0v) is 13.7. The van der Waals surface area contributed by atoms with Crippen LogP contribution in [0.4, 0.5) is 0 Å². The van der Waals surface area contributed by atoms with Gasteiger partial charge in [0, 0.05) is 11.7 Å². The number of carbonyl (C=O) groups excluding carboxylic acids is 1. The van der Waals surface area contributed by atoms with Gasteiger partial charge in [-0.25, -0.2) is 4.79 Å². The van der Waals surface area contributed by atoms with E-state index in [0.717, 1.165) is 22.4 Å². The van der Waals surface area contributed by atoms with E-state index in [2.05, 4.69) is 4.57 Å². The third kappa shape index (κ3) is 3.35. The van der Waals surface area contributed by atoms with Crippen LogP contribution in [-0.4, -0.2) is 31.4 Å². The molecule has 2 aromatic carbocycles. The second kappa shape index (κ2) is 7.08. The van der Waals surface area contributed by atoms with Crippen LogP contribution in [0.25, 0.3) is 10.9 Å². The monoisotopic (exact) mass is 325 g/mol. The SMILES string of the molecule is COC(=O)c1ccc2ccn(CCOc3ccc(OC)cc3)c2c1. The van der Waals surface area contributed by atoms with Gasteiger partial charge in [0.2, 0.25) is 0 Å². The minimum atomic E-state index is -0.334. The van der Waals surface area contributed by atoms with Gasteiger partial charge in [0.15, 0.2) is 0 Å². The molecule has 5 heteroatoms. The second-order valence-corrected chi connectivity index (χ2v) is 5.30. The lowest BCUT2D eigenvalue weighted by atomic mass is 10.1. The third-order valence-electron chi connectivity index (χ3n) is 3.86. The molecule has 0 amide bonds. The maximum absolute atomic E-state index is 11.7. The number of rotatable bonds is 6. The van der Waals surface area contributed by atoms with Gasteiger partial charge < -0.3 is 18.8 Å². The minimum absolute atomic E-state index is 0.334. The Morgan fingerprint density at radius 2 is 1.75 bits per heavy atom. The first-order valence-corrected chi connectivity index (χ1v) is 7.65. The molecular weight excluding hydrogens is 306 g/mol. The summed E-state index contributed by atoms with van der Waals surface area (Å²) >= 11 is 0. The van der Waals surface area contributed by atoms with E-state index in [9.17, 15) is 4.79 Å². The van der Waals surface area contributed by atoms with Gasteiger partial charge in [0.25, 0.3) is 0 Å². The van der Waals surface area contributed by atoms with Crippen LogP contribution in [0.5, 0.6) is 11.5 Å². The molecule has 5 nitrogen and oxygen atoms in total. The Kier molecular flexibility index (Phi) is 4.70. The number of hydrogen-bond acceptors (Lipinski definition) is 4. The highest BCUT2D eigenvalue weighted by Gasteiger charge is 2.08. The predicted octanol–water partition coefficient (Wildman–Crippen LogP) is 3.52. The van der Waals surface area contributed by atoms with Crippen LogP contribution in [0.3, 0.4) is 0 Å². The van der Waals surface area contributed by atoms with E-state index in [1.807, 2.05) is 48.7 Å². The molecule has 124 valence electrons. The summed E-state index contributed by atoms with van der Waals surface area (Å²) in [5, 5.41) is 1.08. The molecular formula is C19H19NO4. The number of esters is 1. The van der Waals surface area contributed by atoms with Gasteiger partial charge in [-0.3, -0.25) is 0 Å². The van der Waals surface area contributed by atoms with Gasteiger partial charge in [-0.15, -0.1) is 0 Å². The Bertz CT molecular complexity index is 836. The van der Waals surface area contributed by atoms with Crippen molar-refractivity contribution in [3.63, 3.8) is 0 Å². The summed E-state index contributed by atoms with van der Waals surface area (Å²) in [5.41, 5.74) is 1.53. The third-order valence-corrected chi connectivity index (χ3v) is 3.86. The molecule has 1 aromatic heterocycles. The molecule has 0 radical (unpaired) electrons. The van der Waals surface area contributed by atoms with Gasteiger partial charge >= 0.3 is 5.97 Å². The molecule has 0 aliphatic heterocycles. The van der Waals surface area contributed by atoms with Crippen LogP contribution in [-0.2, 0) is 11.3 Å². The summed E-state index contributed by atoms with van der Waals surface area (Å²) < 4.78 is 17.7. The van der Waals surface area contributed by atoms with E-state index in [4.69, 9.17) is 14.2 Å². The highest BCUT2D eigenvalue weighted by Crippen LogP contribution is 2.19. The lowest BCUT2D eigenvalue weighted by Crippen LogP contribution is -2.08. The maximum atomic E-state index is 11.7. The zero-order chi connectivity index (χ0) is 16.9. The fourth-order valence-corrected chi connectivity index (χ4v) is 2.56. The summed E-state index contributed by atoms with van der Waals surface area (Å²) in [6, 6.07) is 15.0. The number of ether oxygens (including phenoxy) is 3. The smallest absolute Gasteiger partial charge is 0.337 e. The van der Waals surface area contributed by atoms with Crippen LogP contribution in [0.1, 0.15) is 10.4 Å². The van der Waals surface area contributed by atoms with Crippen LogP contribution in [0, 0.1) is 0 Å². The van der Waals surface area contributed by atoms with E-state index < -0.39 is 0 Å². The summed E-state index contributed by atoms with van der Waals surface area (Å²) in [6.07, 6.45) is 1.99. The standard InChI is InChI=1S/C19H19NO4/c1-22-16-5-7-17(8-6-16)24-12-11-20-10-9-14-3-4-15(13-18(14)20)19(21)23-2/h3-10,13H,11-12H2,1-2H3. The van der Waals surface area contributed by atoms with Gasteiger partial charge in [0.1, 0.15) is 18.1 Å². The Morgan fingerprint density at radius 3 is 2.46 bits per heavy atom. The molecule has 0 unspecified atom stereocenters. The molecule has 0 spiro atoms. The van der Waals surface area contributed by atoms with Crippen molar-refractivity contribution >= 4 is 16.9 Å². The van der Waals surface area contributed by atoms with E-state index in [-0.39, 0.29) is 5.97 Å². The zero-order valence-electron chi connectivity index (χ0n) is 13.7. The van der Waals surface area contributed by atoms with Crippen LogP contribution >= 0.6 is 0 Å².